The van der Waals surface area contributed by atoms with E-state index in [-0.39, 0.29) is 5.76 Å². The molecule has 8 heteroatoms. The Morgan fingerprint density at radius 3 is 2.65 bits per heavy atom. The maximum absolute atomic E-state index is 11.4. The quantitative estimate of drug-likeness (QED) is 0.711. The van der Waals surface area contributed by atoms with Gasteiger partial charge in [-0.1, -0.05) is 0 Å². The molecule has 2 N–H and O–H groups in total. The molecule has 114 valence electrons. The molecule has 1 aromatic heterocycles. The molecule has 0 aliphatic heterocycles. The Labute approximate surface area is 118 Å². The second-order valence-electron chi connectivity index (χ2n) is 5.13. The van der Waals surface area contributed by atoms with Gasteiger partial charge in [0, 0.05) is 24.2 Å². The normalized spacial score (nSPS) is 12.4. The third kappa shape index (κ3) is 5.32. The van der Waals surface area contributed by atoms with E-state index in [1.807, 2.05) is 0 Å². The maximum Gasteiger partial charge on any atom is 0.374 e. The SMILES string of the molecule is COC(=O)c1occc1CNCC(C)(C)NS(C)(=O)=O. The third-order valence-corrected chi connectivity index (χ3v) is 3.39. The predicted molar refractivity (Wildman–Crippen MR) is 73.8 cm³/mol. The number of hydrogen-bond donors (Lipinski definition) is 2. The summed E-state index contributed by atoms with van der Waals surface area (Å²) in [6.45, 7) is 4.29. The van der Waals surface area contributed by atoms with Crippen LogP contribution < -0.4 is 10.0 Å². The van der Waals surface area contributed by atoms with Crippen molar-refractivity contribution in [3.63, 3.8) is 0 Å². The van der Waals surface area contributed by atoms with Gasteiger partial charge in [-0.2, -0.15) is 0 Å². The van der Waals surface area contributed by atoms with Crippen molar-refractivity contribution >= 4 is 16.0 Å². The van der Waals surface area contributed by atoms with Crippen molar-refractivity contribution in [3.05, 3.63) is 23.7 Å². The van der Waals surface area contributed by atoms with Crippen molar-refractivity contribution in [2.75, 3.05) is 19.9 Å². The van der Waals surface area contributed by atoms with Gasteiger partial charge in [0.25, 0.3) is 0 Å². The Morgan fingerprint density at radius 1 is 1.45 bits per heavy atom. The minimum atomic E-state index is -3.27. The summed E-state index contributed by atoms with van der Waals surface area (Å²) in [4.78, 5) is 11.4. The molecule has 0 amide bonds. The van der Waals surface area contributed by atoms with Crippen molar-refractivity contribution in [1.29, 1.82) is 0 Å². The molecule has 7 nitrogen and oxygen atoms in total. The van der Waals surface area contributed by atoms with Gasteiger partial charge in [-0.15, -0.1) is 0 Å². The molecule has 0 aromatic carbocycles. The van der Waals surface area contributed by atoms with Crippen LogP contribution in [0.1, 0.15) is 30.0 Å². The molecular weight excluding hydrogens is 284 g/mol. The molecule has 0 saturated heterocycles. The maximum atomic E-state index is 11.4. The van der Waals surface area contributed by atoms with E-state index in [2.05, 4.69) is 14.8 Å². The van der Waals surface area contributed by atoms with Crippen LogP contribution in [0.2, 0.25) is 0 Å². The van der Waals surface area contributed by atoms with Gasteiger partial charge in [-0.3, -0.25) is 0 Å². The first-order valence-electron chi connectivity index (χ1n) is 5.99. The zero-order valence-electron chi connectivity index (χ0n) is 12.0. The van der Waals surface area contributed by atoms with Crippen LogP contribution in [-0.4, -0.2) is 39.8 Å². The standard InChI is InChI=1S/C12H20N2O5S/c1-12(2,14-20(4,16)17)8-13-7-9-5-6-19-10(9)11(15)18-3/h5-6,13-14H,7-8H2,1-4H3. The van der Waals surface area contributed by atoms with E-state index >= 15 is 0 Å². The summed E-state index contributed by atoms with van der Waals surface area (Å²) in [5.74, 6) is -0.394. The van der Waals surface area contributed by atoms with E-state index in [1.165, 1.54) is 13.4 Å². The molecule has 0 spiro atoms. The zero-order valence-corrected chi connectivity index (χ0v) is 12.8. The van der Waals surface area contributed by atoms with Gasteiger partial charge in [0.2, 0.25) is 15.8 Å². The lowest BCUT2D eigenvalue weighted by molar-refractivity contribution is 0.0563. The summed E-state index contributed by atoms with van der Waals surface area (Å²) in [6.07, 6.45) is 2.52. The highest BCUT2D eigenvalue weighted by Crippen LogP contribution is 2.12. The number of rotatable bonds is 7. The van der Waals surface area contributed by atoms with Crippen LogP contribution in [0.25, 0.3) is 0 Å². The third-order valence-electron chi connectivity index (χ3n) is 2.46. The summed E-state index contributed by atoms with van der Waals surface area (Å²) in [5, 5.41) is 3.08. The first-order chi connectivity index (χ1) is 9.14. The Kier molecular flexibility index (Phi) is 5.32. The highest BCUT2D eigenvalue weighted by atomic mass is 32.2. The molecule has 0 radical (unpaired) electrons. The summed E-state index contributed by atoms with van der Waals surface area (Å²) >= 11 is 0. The van der Waals surface area contributed by atoms with Gasteiger partial charge in [0.05, 0.1) is 19.6 Å². The van der Waals surface area contributed by atoms with Gasteiger partial charge < -0.3 is 14.5 Å². The number of methoxy groups -OCH3 is 1. The topological polar surface area (TPSA) is 97.6 Å². The number of carbonyl (C=O) groups is 1. The lowest BCUT2D eigenvalue weighted by Gasteiger charge is -2.25. The zero-order chi connectivity index (χ0) is 15.4. The molecule has 0 aliphatic carbocycles. The van der Waals surface area contributed by atoms with Crippen molar-refractivity contribution in [2.45, 2.75) is 25.9 Å². The highest BCUT2D eigenvalue weighted by Gasteiger charge is 2.22. The molecule has 0 saturated carbocycles. The fourth-order valence-corrected chi connectivity index (χ4v) is 2.87. The Morgan fingerprint density at radius 2 is 2.10 bits per heavy atom. The first-order valence-corrected chi connectivity index (χ1v) is 7.88. The number of carbonyl (C=O) groups excluding carboxylic acids is 1. The molecule has 0 bridgehead atoms. The molecule has 0 unspecified atom stereocenters. The fraction of sp³-hybridized carbons (Fsp3) is 0.583. The number of furan rings is 1. The highest BCUT2D eigenvalue weighted by molar-refractivity contribution is 7.88. The van der Waals surface area contributed by atoms with Crippen LogP contribution in [-0.2, 0) is 21.3 Å². The van der Waals surface area contributed by atoms with Gasteiger partial charge >= 0.3 is 5.97 Å². The molecule has 20 heavy (non-hydrogen) atoms. The molecular formula is C12H20N2O5S. The van der Waals surface area contributed by atoms with Crippen LogP contribution in [0.4, 0.5) is 0 Å². The Hall–Kier alpha value is -1.38. The van der Waals surface area contributed by atoms with E-state index in [0.29, 0.717) is 18.7 Å². The van der Waals surface area contributed by atoms with E-state index in [9.17, 15) is 13.2 Å². The first kappa shape index (κ1) is 16.7. The molecule has 1 rings (SSSR count). The summed E-state index contributed by atoms with van der Waals surface area (Å²) in [7, 11) is -2.00. The van der Waals surface area contributed by atoms with Crippen molar-refractivity contribution in [3.8, 4) is 0 Å². The van der Waals surface area contributed by atoms with Crippen LogP contribution in [0.3, 0.4) is 0 Å². The fourth-order valence-electron chi connectivity index (χ4n) is 1.79. The van der Waals surface area contributed by atoms with Gasteiger partial charge in [-0.25, -0.2) is 17.9 Å². The van der Waals surface area contributed by atoms with Crippen molar-refractivity contribution in [1.82, 2.24) is 10.0 Å². The number of sulfonamides is 1. The van der Waals surface area contributed by atoms with Crippen LogP contribution >= 0.6 is 0 Å². The largest absolute Gasteiger partial charge is 0.463 e. The van der Waals surface area contributed by atoms with Gasteiger partial charge in [0.1, 0.15) is 0 Å². The van der Waals surface area contributed by atoms with Crippen LogP contribution in [0.5, 0.6) is 0 Å². The second kappa shape index (κ2) is 6.38. The van der Waals surface area contributed by atoms with Crippen molar-refractivity contribution < 1.29 is 22.4 Å². The lowest BCUT2D eigenvalue weighted by atomic mass is 10.1. The van der Waals surface area contributed by atoms with E-state index in [0.717, 1.165) is 6.26 Å². The van der Waals surface area contributed by atoms with E-state index in [1.54, 1.807) is 19.9 Å². The number of ether oxygens (including phenoxy) is 1. The Balaban J connectivity index is 2.57. The summed E-state index contributed by atoms with van der Waals surface area (Å²) in [6, 6.07) is 1.66. The van der Waals surface area contributed by atoms with Crippen LogP contribution in [0, 0.1) is 0 Å². The Bertz CT molecular complexity index is 562. The monoisotopic (exact) mass is 304 g/mol. The number of nitrogens with one attached hydrogen (secondary N) is 2. The molecule has 1 heterocycles. The molecule has 1 aromatic rings. The van der Waals surface area contributed by atoms with E-state index in [4.69, 9.17) is 4.42 Å². The second-order valence-corrected chi connectivity index (χ2v) is 6.88. The average molecular weight is 304 g/mol. The summed E-state index contributed by atoms with van der Waals surface area (Å²) < 4.78 is 34.6. The average Bonchev–Trinajstić information content (AvgIpc) is 2.72. The molecule has 0 fully saturated rings. The van der Waals surface area contributed by atoms with Crippen molar-refractivity contribution in [2.24, 2.45) is 0 Å². The summed E-state index contributed by atoms with van der Waals surface area (Å²) in [5.41, 5.74) is 0.0231. The van der Waals surface area contributed by atoms with Gasteiger partial charge in [-0.05, 0) is 19.9 Å². The smallest absolute Gasteiger partial charge is 0.374 e. The van der Waals surface area contributed by atoms with E-state index < -0.39 is 21.5 Å². The van der Waals surface area contributed by atoms with Gasteiger partial charge in [0.15, 0.2) is 0 Å². The minimum Gasteiger partial charge on any atom is -0.463 e. The molecule has 0 aliphatic rings. The number of esters is 1. The minimum absolute atomic E-state index is 0.147. The predicted octanol–water partition coefficient (Wildman–Crippen LogP) is 0.484. The molecule has 0 atom stereocenters. The lowest BCUT2D eigenvalue weighted by Crippen LogP contribution is -2.49. The van der Waals surface area contributed by atoms with Crippen LogP contribution in [0.15, 0.2) is 16.7 Å². The number of hydrogen-bond acceptors (Lipinski definition) is 6.